The van der Waals surface area contributed by atoms with Crippen molar-refractivity contribution in [3.05, 3.63) is 85.0 Å². The Balaban J connectivity index is 2.03. The van der Waals surface area contributed by atoms with Crippen LogP contribution in [0.4, 0.5) is 0 Å². The monoisotopic (exact) mass is 266 g/mol. The first-order valence-electron chi connectivity index (χ1n) is 6.39. The molecule has 0 unspecified atom stereocenters. The van der Waals surface area contributed by atoms with Crippen LogP contribution in [0.2, 0.25) is 0 Å². The molecule has 2 rings (SSSR count). The Morgan fingerprint density at radius 2 is 1.05 bits per heavy atom. The van der Waals surface area contributed by atoms with Crippen molar-refractivity contribution in [1.29, 1.82) is 0 Å². The third-order valence-electron chi connectivity index (χ3n) is 2.84. The standard InChI is InChI=1S/C18H18S/c1-3-5-15-7-11-17(12-8-15)19-18-13-9-16(6-4-2)10-14-18/h3-4,7-14H,1-2,5-6H2. The molecule has 0 N–H and O–H groups in total. The Bertz CT molecular complexity index is 483. The molecule has 0 bridgehead atoms. The largest absolute Gasteiger partial charge is 0.103 e. The summed E-state index contributed by atoms with van der Waals surface area (Å²) in [5.41, 5.74) is 2.61. The molecule has 2 aromatic rings. The normalized spacial score (nSPS) is 10.1. The zero-order valence-electron chi connectivity index (χ0n) is 11.0. The van der Waals surface area contributed by atoms with Crippen LogP contribution >= 0.6 is 11.8 Å². The van der Waals surface area contributed by atoms with Gasteiger partial charge in [0.15, 0.2) is 0 Å². The molecule has 0 aliphatic heterocycles. The van der Waals surface area contributed by atoms with E-state index in [1.807, 2.05) is 12.2 Å². The van der Waals surface area contributed by atoms with Gasteiger partial charge in [0.25, 0.3) is 0 Å². The van der Waals surface area contributed by atoms with Crippen LogP contribution in [-0.4, -0.2) is 0 Å². The molecule has 19 heavy (non-hydrogen) atoms. The molecular weight excluding hydrogens is 248 g/mol. The SMILES string of the molecule is C=CCc1ccc(Sc2ccc(CC=C)cc2)cc1. The van der Waals surface area contributed by atoms with Gasteiger partial charge in [-0.25, -0.2) is 0 Å². The summed E-state index contributed by atoms with van der Waals surface area (Å²) in [7, 11) is 0. The molecule has 0 heterocycles. The van der Waals surface area contributed by atoms with Crippen LogP contribution < -0.4 is 0 Å². The maximum absolute atomic E-state index is 3.76. The van der Waals surface area contributed by atoms with Crippen molar-refractivity contribution in [2.45, 2.75) is 22.6 Å². The fourth-order valence-electron chi connectivity index (χ4n) is 1.86. The first kappa shape index (κ1) is 13.7. The fourth-order valence-corrected chi connectivity index (χ4v) is 2.67. The lowest BCUT2D eigenvalue weighted by atomic mass is 10.1. The van der Waals surface area contributed by atoms with E-state index in [4.69, 9.17) is 0 Å². The van der Waals surface area contributed by atoms with Crippen LogP contribution in [0.1, 0.15) is 11.1 Å². The molecule has 2 aromatic carbocycles. The van der Waals surface area contributed by atoms with Crippen LogP contribution in [0.25, 0.3) is 0 Å². The second-order valence-corrected chi connectivity index (χ2v) is 5.52. The summed E-state index contributed by atoms with van der Waals surface area (Å²) in [6.45, 7) is 7.51. The van der Waals surface area contributed by atoms with E-state index in [-0.39, 0.29) is 0 Å². The van der Waals surface area contributed by atoms with E-state index in [0.717, 1.165) is 12.8 Å². The third-order valence-corrected chi connectivity index (χ3v) is 3.86. The van der Waals surface area contributed by atoms with Crippen molar-refractivity contribution in [2.24, 2.45) is 0 Å². The molecule has 0 aliphatic rings. The number of rotatable bonds is 6. The summed E-state index contributed by atoms with van der Waals surface area (Å²) in [4.78, 5) is 2.54. The summed E-state index contributed by atoms with van der Waals surface area (Å²) in [5, 5.41) is 0. The van der Waals surface area contributed by atoms with Gasteiger partial charge in [0, 0.05) is 9.79 Å². The Morgan fingerprint density at radius 3 is 1.37 bits per heavy atom. The van der Waals surface area contributed by atoms with E-state index in [2.05, 4.69) is 61.7 Å². The van der Waals surface area contributed by atoms with Gasteiger partial charge in [0.1, 0.15) is 0 Å². The molecule has 0 aromatic heterocycles. The lowest BCUT2D eigenvalue weighted by molar-refractivity contribution is 1.24. The number of hydrogen-bond donors (Lipinski definition) is 0. The van der Waals surface area contributed by atoms with Gasteiger partial charge < -0.3 is 0 Å². The van der Waals surface area contributed by atoms with E-state index >= 15 is 0 Å². The molecule has 0 radical (unpaired) electrons. The predicted octanol–water partition coefficient (Wildman–Crippen LogP) is 5.29. The highest BCUT2D eigenvalue weighted by atomic mass is 32.2. The average Bonchev–Trinajstić information content (AvgIpc) is 2.44. The molecule has 0 amide bonds. The van der Waals surface area contributed by atoms with Gasteiger partial charge in [-0.3, -0.25) is 0 Å². The smallest absolute Gasteiger partial charge is 0.0122 e. The number of benzene rings is 2. The van der Waals surface area contributed by atoms with Gasteiger partial charge >= 0.3 is 0 Å². The van der Waals surface area contributed by atoms with Crippen LogP contribution in [0.15, 0.2) is 83.6 Å². The predicted molar refractivity (Wildman–Crippen MR) is 84.8 cm³/mol. The van der Waals surface area contributed by atoms with Crippen molar-refractivity contribution in [2.75, 3.05) is 0 Å². The lowest BCUT2D eigenvalue weighted by Gasteiger charge is -2.04. The van der Waals surface area contributed by atoms with E-state index in [1.165, 1.54) is 20.9 Å². The lowest BCUT2D eigenvalue weighted by Crippen LogP contribution is -1.82. The summed E-state index contributed by atoms with van der Waals surface area (Å²) >= 11 is 1.79. The van der Waals surface area contributed by atoms with Gasteiger partial charge in [-0.05, 0) is 48.2 Å². The Hall–Kier alpha value is -1.73. The topological polar surface area (TPSA) is 0 Å². The van der Waals surface area contributed by atoms with Crippen molar-refractivity contribution < 1.29 is 0 Å². The van der Waals surface area contributed by atoms with Crippen LogP contribution in [0.3, 0.4) is 0 Å². The van der Waals surface area contributed by atoms with E-state index < -0.39 is 0 Å². The number of allylic oxidation sites excluding steroid dienone is 2. The van der Waals surface area contributed by atoms with E-state index in [0.29, 0.717) is 0 Å². The third kappa shape index (κ3) is 4.15. The molecule has 0 aliphatic carbocycles. The summed E-state index contributed by atoms with van der Waals surface area (Å²) in [6.07, 6.45) is 5.73. The summed E-state index contributed by atoms with van der Waals surface area (Å²) in [5.74, 6) is 0. The molecule has 0 saturated carbocycles. The van der Waals surface area contributed by atoms with Gasteiger partial charge in [0.2, 0.25) is 0 Å². The highest BCUT2D eigenvalue weighted by Crippen LogP contribution is 2.28. The van der Waals surface area contributed by atoms with Crippen molar-refractivity contribution >= 4 is 11.8 Å². The molecule has 1 heteroatoms. The first-order valence-corrected chi connectivity index (χ1v) is 7.21. The Morgan fingerprint density at radius 1 is 0.684 bits per heavy atom. The molecule has 0 spiro atoms. The minimum Gasteiger partial charge on any atom is -0.103 e. The maximum Gasteiger partial charge on any atom is 0.0122 e. The average molecular weight is 266 g/mol. The quantitative estimate of drug-likeness (QED) is 0.640. The van der Waals surface area contributed by atoms with Crippen molar-refractivity contribution in [3.63, 3.8) is 0 Å². The van der Waals surface area contributed by atoms with E-state index in [9.17, 15) is 0 Å². The van der Waals surface area contributed by atoms with Gasteiger partial charge in [-0.1, -0.05) is 48.2 Å². The highest BCUT2D eigenvalue weighted by molar-refractivity contribution is 7.99. The van der Waals surface area contributed by atoms with Gasteiger partial charge in [-0.15, -0.1) is 13.2 Å². The van der Waals surface area contributed by atoms with Crippen LogP contribution in [-0.2, 0) is 12.8 Å². The van der Waals surface area contributed by atoms with Crippen LogP contribution in [0, 0.1) is 0 Å². The Labute approximate surface area is 119 Å². The second kappa shape index (κ2) is 7.01. The van der Waals surface area contributed by atoms with Crippen molar-refractivity contribution in [3.8, 4) is 0 Å². The second-order valence-electron chi connectivity index (χ2n) is 4.38. The molecule has 96 valence electrons. The van der Waals surface area contributed by atoms with Gasteiger partial charge in [-0.2, -0.15) is 0 Å². The molecule has 0 nitrogen and oxygen atoms in total. The minimum atomic E-state index is 0.932. The molecule has 0 fully saturated rings. The maximum atomic E-state index is 3.76. The molecular formula is C18H18S. The summed E-state index contributed by atoms with van der Waals surface area (Å²) in [6, 6.07) is 17.3. The highest BCUT2D eigenvalue weighted by Gasteiger charge is 1.98. The zero-order valence-corrected chi connectivity index (χ0v) is 11.8. The Kier molecular flexibility index (Phi) is 5.05. The number of hydrogen-bond acceptors (Lipinski definition) is 1. The molecule has 0 atom stereocenters. The van der Waals surface area contributed by atoms with Crippen LogP contribution in [0.5, 0.6) is 0 Å². The summed E-state index contributed by atoms with van der Waals surface area (Å²) < 4.78 is 0. The van der Waals surface area contributed by atoms with Gasteiger partial charge in [0.05, 0.1) is 0 Å². The first-order chi connectivity index (χ1) is 9.31. The van der Waals surface area contributed by atoms with Crippen molar-refractivity contribution in [1.82, 2.24) is 0 Å². The molecule has 0 saturated heterocycles. The minimum absolute atomic E-state index is 0.932. The fraction of sp³-hybridized carbons (Fsp3) is 0.111. The zero-order chi connectivity index (χ0) is 13.5. The van der Waals surface area contributed by atoms with E-state index in [1.54, 1.807) is 11.8 Å².